The van der Waals surface area contributed by atoms with Crippen molar-refractivity contribution in [1.82, 2.24) is 4.98 Å². The fourth-order valence-corrected chi connectivity index (χ4v) is 2.89. The van der Waals surface area contributed by atoms with Gasteiger partial charge in [-0.25, -0.2) is 9.78 Å². The number of aromatic nitrogens is 1. The Bertz CT molecular complexity index is 680. The van der Waals surface area contributed by atoms with Crippen LogP contribution in [-0.4, -0.2) is 22.7 Å². The van der Waals surface area contributed by atoms with Crippen LogP contribution in [0.3, 0.4) is 0 Å². The molecule has 5 nitrogen and oxygen atoms in total. The summed E-state index contributed by atoms with van der Waals surface area (Å²) >= 11 is 1.21. The topological polar surface area (TPSA) is 85.4 Å². The van der Waals surface area contributed by atoms with Crippen LogP contribution < -0.4 is 10.5 Å². The number of carbonyl (C=O) groups is 1. The summed E-state index contributed by atoms with van der Waals surface area (Å²) in [5.74, 6) is -0.174. The van der Waals surface area contributed by atoms with Crippen LogP contribution in [0.2, 0.25) is 0 Å². The Hall–Kier alpha value is -2.08. The SMILES string of the molecule is CCCOc1ccc(-c2nc(C(C)C)sc2C(=O)O)cc1N. The average Bonchev–Trinajstić information content (AvgIpc) is 2.91. The van der Waals surface area contributed by atoms with E-state index in [1.165, 1.54) is 11.3 Å². The second kappa shape index (κ2) is 6.79. The second-order valence-electron chi connectivity index (χ2n) is 5.29. The van der Waals surface area contributed by atoms with E-state index >= 15 is 0 Å². The molecule has 118 valence electrons. The number of hydrogen-bond donors (Lipinski definition) is 2. The number of hydrogen-bond acceptors (Lipinski definition) is 5. The number of nitrogens with two attached hydrogens (primary N) is 1. The highest BCUT2D eigenvalue weighted by Crippen LogP contribution is 2.34. The number of carboxylic acids is 1. The molecule has 0 fully saturated rings. The van der Waals surface area contributed by atoms with E-state index in [4.69, 9.17) is 10.5 Å². The molecule has 0 unspecified atom stereocenters. The minimum Gasteiger partial charge on any atom is -0.491 e. The Labute approximate surface area is 133 Å². The van der Waals surface area contributed by atoms with E-state index in [2.05, 4.69) is 4.98 Å². The van der Waals surface area contributed by atoms with Gasteiger partial charge in [-0.05, 0) is 24.6 Å². The van der Waals surface area contributed by atoms with Gasteiger partial charge in [-0.1, -0.05) is 20.8 Å². The molecule has 3 N–H and O–H groups in total. The van der Waals surface area contributed by atoms with Gasteiger partial charge in [0.05, 0.1) is 23.0 Å². The molecule has 0 aliphatic rings. The standard InChI is InChI=1S/C16H20N2O3S/c1-4-7-21-12-6-5-10(8-11(12)17)13-14(16(19)20)22-15(18-13)9(2)3/h5-6,8-9H,4,7,17H2,1-3H3,(H,19,20). The quantitative estimate of drug-likeness (QED) is 0.786. The summed E-state index contributed by atoms with van der Waals surface area (Å²) in [5, 5.41) is 10.2. The molecule has 1 heterocycles. The third-order valence-corrected chi connectivity index (χ3v) is 4.42. The lowest BCUT2D eigenvalue weighted by atomic mass is 10.1. The molecule has 2 rings (SSSR count). The number of nitrogen functional groups attached to an aromatic ring is 1. The molecule has 0 radical (unpaired) electrons. The number of rotatable bonds is 6. The molecule has 2 aromatic rings. The van der Waals surface area contributed by atoms with E-state index < -0.39 is 5.97 Å². The van der Waals surface area contributed by atoms with Crippen molar-refractivity contribution in [2.24, 2.45) is 0 Å². The van der Waals surface area contributed by atoms with Gasteiger partial charge in [0.15, 0.2) is 0 Å². The first kappa shape index (κ1) is 16.3. The summed E-state index contributed by atoms with van der Waals surface area (Å²) in [7, 11) is 0. The summed E-state index contributed by atoms with van der Waals surface area (Å²) in [6.07, 6.45) is 0.897. The van der Waals surface area contributed by atoms with Crippen molar-refractivity contribution < 1.29 is 14.6 Å². The molecule has 0 amide bonds. The van der Waals surface area contributed by atoms with Crippen molar-refractivity contribution in [3.63, 3.8) is 0 Å². The Balaban J connectivity index is 2.43. The number of anilines is 1. The first-order valence-corrected chi connectivity index (χ1v) is 8.02. The minimum atomic E-state index is -0.968. The molecule has 0 saturated carbocycles. The van der Waals surface area contributed by atoms with Crippen LogP contribution in [0.15, 0.2) is 18.2 Å². The van der Waals surface area contributed by atoms with Crippen molar-refractivity contribution >= 4 is 23.0 Å². The molecular weight excluding hydrogens is 300 g/mol. The number of thiazole rings is 1. The van der Waals surface area contributed by atoms with E-state index in [0.717, 1.165) is 11.4 Å². The molecular formula is C16H20N2O3S. The third kappa shape index (κ3) is 3.39. The molecule has 0 aliphatic heterocycles. The molecule has 0 saturated heterocycles. The van der Waals surface area contributed by atoms with Crippen LogP contribution in [0, 0.1) is 0 Å². The average molecular weight is 320 g/mol. The van der Waals surface area contributed by atoms with Gasteiger partial charge in [-0.3, -0.25) is 0 Å². The van der Waals surface area contributed by atoms with Gasteiger partial charge in [0, 0.05) is 11.5 Å². The maximum atomic E-state index is 11.4. The van der Waals surface area contributed by atoms with Crippen molar-refractivity contribution in [3.05, 3.63) is 28.1 Å². The molecule has 0 atom stereocenters. The smallest absolute Gasteiger partial charge is 0.348 e. The number of aromatic carboxylic acids is 1. The normalized spacial score (nSPS) is 10.9. The predicted molar refractivity (Wildman–Crippen MR) is 88.8 cm³/mol. The number of nitrogens with zero attached hydrogens (tertiary/aromatic N) is 1. The van der Waals surface area contributed by atoms with Gasteiger partial charge in [0.2, 0.25) is 0 Å². The van der Waals surface area contributed by atoms with Gasteiger partial charge in [0.1, 0.15) is 10.6 Å². The van der Waals surface area contributed by atoms with Crippen LogP contribution in [0.5, 0.6) is 5.75 Å². The van der Waals surface area contributed by atoms with Gasteiger partial charge in [-0.2, -0.15) is 0 Å². The van der Waals surface area contributed by atoms with E-state index in [1.807, 2.05) is 20.8 Å². The molecule has 0 bridgehead atoms. The van der Waals surface area contributed by atoms with Gasteiger partial charge in [-0.15, -0.1) is 11.3 Å². The number of carboxylic acid groups (broad SMARTS) is 1. The van der Waals surface area contributed by atoms with Crippen molar-refractivity contribution in [1.29, 1.82) is 0 Å². The zero-order valence-electron chi connectivity index (χ0n) is 12.9. The lowest BCUT2D eigenvalue weighted by molar-refractivity contribution is 0.0702. The molecule has 0 spiro atoms. The molecule has 22 heavy (non-hydrogen) atoms. The fraction of sp³-hybridized carbons (Fsp3) is 0.375. The minimum absolute atomic E-state index is 0.182. The van der Waals surface area contributed by atoms with Crippen LogP contribution in [-0.2, 0) is 0 Å². The van der Waals surface area contributed by atoms with Crippen molar-refractivity contribution in [2.45, 2.75) is 33.1 Å². The summed E-state index contributed by atoms with van der Waals surface area (Å²) in [6.45, 7) is 6.60. The number of ether oxygens (including phenoxy) is 1. The first-order valence-electron chi connectivity index (χ1n) is 7.20. The summed E-state index contributed by atoms with van der Waals surface area (Å²) in [5.41, 5.74) is 7.65. The zero-order chi connectivity index (χ0) is 16.3. The Morgan fingerprint density at radius 3 is 2.73 bits per heavy atom. The van der Waals surface area contributed by atoms with Crippen LogP contribution in [0.25, 0.3) is 11.3 Å². The predicted octanol–water partition coefficient (Wildman–Crippen LogP) is 4.00. The van der Waals surface area contributed by atoms with Crippen molar-refractivity contribution in [3.8, 4) is 17.0 Å². The third-order valence-electron chi connectivity index (χ3n) is 3.08. The molecule has 6 heteroatoms. The van der Waals surface area contributed by atoms with Crippen molar-refractivity contribution in [2.75, 3.05) is 12.3 Å². The lowest BCUT2D eigenvalue weighted by Gasteiger charge is -2.09. The molecule has 1 aromatic carbocycles. The summed E-state index contributed by atoms with van der Waals surface area (Å²) in [4.78, 5) is 16.2. The highest BCUT2D eigenvalue weighted by Gasteiger charge is 2.20. The van der Waals surface area contributed by atoms with E-state index in [-0.39, 0.29) is 10.8 Å². The molecule has 1 aromatic heterocycles. The van der Waals surface area contributed by atoms with E-state index in [9.17, 15) is 9.90 Å². The Morgan fingerprint density at radius 2 is 2.18 bits per heavy atom. The fourth-order valence-electron chi connectivity index (χ4n) is 1.96. The van der Waals surface area contributed by atoms with Crippen LogP contribution >= 0.6 is 11.3 Å². The monoisotopic (exact) mass is 320 g/mol. The lowest BCUT2D eigenvalue weighted by Crippen LogP contribution is -2.00. The van der Waals surface area contributed by atoms with E-state index in [1.54, 1.807) is 18.2 Å². The van der Waals surface area contributed by atoms with Crippen LogP contribution in [0.1, 0.15) is 47.8 Å². The van der Waals surface area contributed by atoms with Gasteiger partial charge >= 0.3 is 5.97 Å². The second-order valence-corrected chi connectivity index (χ2v) is 6.32. The largest absolute Gasteiger partial charge is 0.491 e. The van der Waals surface area contributed by atoms with E-state index in [0.29, 0.717) is 29.3 Å². The first-order chi connectivity index (χ1) is 10.4. The Kier molecular flexibility index (Phi) is 5.03. The molecule has 0 aliphatic carbocycles. The maximum absolute atomic E-state index is 11.4. The zero-order valence-corrected chi connectivity index (χ0v) is 13.7. The Morgan fingerprint density at radius 1 is 1.45 bits per heavy atom. The highest BCUT2D eigenvalue weighted by molar-refractivity contribution is 7.14. The summed E-state index contributed by atoms with van der Waals surface area (Å²) in [6, 6.07) is 5.28. The highest BCUT2D eigenvalue weighted by atomic mass is 32.1. The van der Waals surface area contributed by atoms with Crippen LogP contribution in [0.4, 0.5) is 5.69 Å². The maximum Gasteiger partial charge on any atom is 0.348 e. The van der Waals surface area contributed by atoms with Gasteiger partial charge < -0.3 is 15.6 Å². The summed E-state index contributed by atoms with van der Waals surface area (Å²) < 4.78 is 5.54. The van der Waals surface area contributed by atoms with Gasteiger partial charge in [0.25, 0.3) is 0 Å². The number of benzene rings is 1.